The maximum absolute atomic E-state index is 10.9. The van der Waals surface area contributed by atoms with Crippen molar-refractivity contribution in [1.82, 2.24) is 5.32 Å². The average molecular weight is 211 g/mol. The first-order valence-corrected chi connectivity index (χ1v) is 6.09. The van der Waals surface area contributed by atoms with Crippen LogP contribution in [0.3, 0.4) is 0 Å². The molecule has 0 heterocycles. The maximum Gasteiger partial charge on any atom is 0.306 e. The van der Waals surface area contributed by atoms with E-state index in [0.29, 0.717) is 6.42 Å². The molecule has 2 saturated carbocycles. The van der Waals surface area contributed by atoms with Gasteiger partial charge in [-0.2, -0.15) is 0 Å². The lowest BCUT2D eigenvalue weighted by atomic mass is 9.98. The molecule has 0 spiro atoms. The number of carbonyl (C=O) groups is 1. The Balaban J connectivity index is 1.57. The third-order valence-electron chi connectivity index (χ3n) is 3.57. The number of methoxy groups -OCH3 is 1. The second kappa shape index (κ2) is 4.97. The quantitative estimate of drug-likeness (QED) is 0.513. The molecule has 0 bridgehead atoms. The highest BCUT2D eigenvalue weighted by Gasteiger charge is 2.40. The summed E-state index contributed by atoms with van der Waals surface area (Å²) in [6, 6.07) is 0. The van der Waals surface area contributed by atoms with Gasteiger partial charge in [0.05, 0.1) is 13.5 Å². The molecule has 3 nitrogen and oxygen atoms in total. The molecule has 0 aromatic heterocycles. The van der Waals surface area contributed by atoms with Gasteiger partial charge in [-0.1, -0.05) is 0 Å². The number of hydrogen-bond acceptors (Lipinski definition) is 3. The highest BCUT2D eigenvalue weighted by molar-refractivity contribution is 5.69. The largest absolute Gasteiger partial charge is 0.469 e. The lowest BCUT2D eigenvalue weighted by Crippen LogP contribution is -2.27. The van der Waals surface area contributed by atoms with E-state index in [1.807, 2.05) is 0 Å². The van der Waals surface area contributed by atoms with Crippen LogP contribution in [0.4, 0.5) is 0 Å². The fourth-order valence-electron chi connectivity index (χ4n) is 2.33. The molecule has 1 N–H and O–H groups in total. The third kappa shape index (κ3) is 3.49. The number of ether oxygens (including phenoxy) is 1. The SMILES string of the molecule is COC(=O)CCNCC(C1CC1)C1CC1. The maximum atomic E-state index is 10.9. The van der Waals surface area contributed by atoms with E-state index >= 15 is 0 Å². The monoisotopic (exact) mass is 211 g/mol. The van der Waals surface area contributed by atoms with E-state index in [9.17, 15) is 4.79 Å². The van der Waals surface area contributed by atoms with E-state index in [2.05, 4.69) is 10.1 Å². The zero-order chi connectivity index (χ0) is 10.7. The van der Waals surface area contributed by atoms with Gasteiger partial charge >= 0.3 is 5.97 Å². The second-order valence-electron chi connectivity index (χ2n) is 4.87. The Labute approximate surface area is 91.6 Å². The summed E-state index contributed by atoms with van der Waals surface area (Å²) < 4.78 is 4.60. The normalized spacial score (nSPS) is 20.7. The van der Waals surface area contributed by atoms with Gasteiger partial charge in [0.2, 0.25) is 0 Å². The number of nitrogens with one attached hydrogen (secondary N) is 1. The lowest BCUT2D eigenvalue weighted by molar-refractivity contribution is -0.140. The van der Waals surface area contributed by atoms with Crippen molar-refractivity contribution in [2.45, 2.75) is 32.1 Å². The van der Waals surface area contributed by atoms with Crippen LogP contribution in [0.2, 0.25) is 0 Å². The highest BCUT2D eigenvalue weighted by Crippen LogP contribution is 2.48. The summed E-state index contributed by atoms with van der Waals surface area (Å²) in [5, 5.41) is 3.39. The molecule has 86 valence electrons. The Bertz CT molecular complexity index is 210. The molecule has 2 fully saturated rings. The number of esters is 1. The standard InChI is InChI=1S/C12H21NO2/c1-15-12(14)6-7-13-8-11(9-2-3-9)10-4-5-10/h9-11,13H,2-8H2,1H3. The molecule has 15 heavy (non-hydrogen) atoms. The van der Waals surface area contributed by atoms with Gasteiger partial charge in [-0.05, 0) is 50.0 Å². The van der Waals surface area contributed by atoms with Crippen LogP contribution in [0, 0.1) is 17.8 Å². The van der Waals surface area contributed by atoms with Crippen LogP contribution >= 0.6 is 0 Å². The van der Waals surface area contributed by atoms with Crippen LogP contribution in [0.25, 0.3) is 0 Å². The van der Waals surface area contributed by atoms with E-state index in [1.54, 1.807) is 0 Å². The van der Waals surface area contributed by atoms with Gasteiger partial charge in [0.15, 0.2) is 0 Å². The minimum Gasteiger partial charge on any atom is -0.469 e. The predicted octanol–water partition coefficient (Wildman–Crippen LogP) is 1.58. The van der Waals surface area contributed by atoms with E-state index in [0.717, 1.165) is 30.8 Å². The summed E-state index contributed by atoms with van der Waals surface area (Å²) in [6.07, 6.45) is 6.22. The number of carbonyl (C=O) groups excluding carboxylic acids is 1. The molecule has 0 aliphatic heterocycles. The van der Waals surface area contributed by atoms with E-state index in [4.69, 9.17) is 0 Å². The van der Waals surface area contributed by atoms with Gasteiger partial charge in [0.25, 0.3) is 0 Å². The van der Waals surface area contributed by atoms with E-state index in [1.165, 1.54) is 32.8 Å². The van der Waals surface area contributed by atoms with Crippen LogP contribution in [0.1, 0.15) is 32.1 Å². The smallest absolute Gasteiger partial charge is 0.306 e. The molecule has 0 unspecified atom stereocenters. The molecule has 0 aromatic rings. The van der Waals surface area contributed by atoms with Crippen molar-refractivity contribution in [3.8, 4) is 0 Å². The fourth-order valence-corrected chi connectivity index (χ4v) is 2.33. The summed E-state index contributed by atoms with van der Waals surface area (Å²) >= 11 is 0. The molecule has 0 saturated heterocycles. The number of rotatable bonds is 7. The Morgan fingerprint density at radius 2 is 1.93 bits per heavy atom. The first kappa shape index (κ1) is 10.9. The van der Waals surface area contributed by atoms with Crippen molar-refractivity contribution in [2.75, 3.05) is 20.2 Å². The Hall–Kier alpha value is -0.570. The minimum atomic E-state index is -0.114. The second-order valence-corrected chi connectivity index (χ2v) is 4.87. The van der Waals surface area contributed by atoms with Crippen molar-refractivity contribution in [2.24, 2.45) is 17.8 Å². The van der Waals surface area contributed by atoms with Crippen molar-refractivity contribution in [3.63, 3.8) is 0 Å². The van der Waals surface area contributed by atoms with E-state index in [-0.39, 0.29) is 5.97 Å². The molecule has 3 heteroatoms. The van der Waals surface area contributed by atoms with Crippen molar-refractivity contribution < 1.29 is 9.53 Å². The molecular formula is C12H21NO2. The van der Waals surface area contributed by atoms with Crippen LogP contribution < -0.4 is 5.32 Å². The zero-order valence-electron chi connectivity index (χ0n) is 9.50. The van der Waals surface area contributed by atoms with E-state index < -0.39 is 0 Å². The number of hydrogen-bond donors (Lipinski definition) is 1. The predicted molar refractivity (Wildman–Crippen MR) is 58.4 cm³/mol. The Kier molecular flexibility index (Phi) is 3.62. The summed E-state index contributed by atoms with van der Waals surface area (Å²) in [4.78, 5) is 10.9. The van der Waals surface area contributed by atoms with Gasteiger partial charge < -0.3 is 10.1 Å². The summed E-state index contributed by atoms with van der Waals surface area (Å²) in [7, 11) is 1.44. The molecular weight excluding hydrogens is 190 g/mol. The topological polar surface area (TPSA) is 38.3 Å². The van der Waals surface area contributed by atoms with Gasteiger partial charge in [0, 0.05) is 6.54 Å². The molecule has 0 aromatic carbocycles. The molecule has 2 rings (SSSR count). The molecule has 0 radical (unpaired) electrons. The van der Waals surface area contributed by atoms with Crippen LogP contribution in [-0.2, 0) is 9.53 Å². The van der Waals surface area contributed by atoms with Gasteiger partial charge in [-0.25, -0.2) is 0 Å². The first-order valence-electron chi connectivity index (χ1n) is 6.09. The fraction of sp³-hybridized carbons (Fsp3) is 0.917. The Morgan fingerprint density at radius 3 is 2.40 bits per heavy atom. The van der Waals surface area contributed by atoms with Gasteiger partial charge in [-0.3, -0.25) is 4.79 Å². The van der Waals surface area contributed by atoms with Crippen LogP contribution in [-0.4, -0.2) is 26.2 Å². The van der Waals surface area contributed by atoms with Crippen molar-refractivity contribution in [1.29, 1.82) is 0 Å². The third-order valence-corrected chi connectivity index (χ3v) is 3.57. The van der Waals surface area contributed by atoms with Crippen LogP contribution in [0.5, 0.6) is 0 Å². The summed E-state index contributed by atoms with van der Waals surface area (Å²) in [6.45, 7) is 1.87. The van der Waals surface area contributed by atoms with Crippen molar-refractivity contribution >= 4 is 5.97 Å². The Morgan fingerprint density at radius 1 is 1.33 bits per heavy atom. The first-order chi connectivity index (χ1) is 7.31. The lowest BCUT2D eigenvalue weighted by Gasteiger charge is -2.15. The minimum absolute atomic E-state index is 0.114. The summed E-state index contributed by atoms with van der Waals surface area (Å²) in [5.41, 5.74) is 0. The summed E-state index contributed by atoms with van der Waals surface area (Å²) in [5.74, 6) is 2.76. The highest BCUT2D eigenvalue weighted by atomic mass is 16.5. The molecule has 2 aliphatic carbocycles. The van der Waals surface area contributed by atoms with Crippen LogP contribution in [0.15, 0.2) is 0 Å². The van der Waals surface area contributed by atoms with Gasteiger partial charge in [0.1, 0.15) is 0 Å². The molecule has 2 aliphatic rings. The average Bonchev–Trinajstić information content (AvgIpc) is 3.09. The van der Waals surface area contributed by atoms with Crippen molar-refractivity contribution in [3.05, 3.63) is 0 Å². The molecule has 0 amide bonds. The zero-order valence-corrected chi connectivity index (χ0v) is 9.50. The van der Waals surface area contributed by atoms with Gasteiger partial charge in [-0.15, -0.1) is 0 Å². The molecule has 0 atom stereocenters.